The molecule has 0 heterocycles. The van der Waals surface area contributed by atoms with E-state index >= 15 is 0 Å². The molecule has 0 aliphatic heterocycles. The molecule has 0 radical (unpaired) electrons. The predicted octanol–water partition coefficient (Wildman–Crippen LogP) is 1.49. The molecule has 3 aliphatic rings. The molecular weight excluding hydrogens is 152 g/mol. The monoisotopic (exact) mass is 168 g/mol. The number of fused-ring (bicyclic) bond motifs is 2. The number of aliphatic hydroxyl groups is 1. The lowest BCUT2D eigenvalue weighted by Crippen LogP contribution is -2.50. The molecule has 1 fully saturated rings. The van der Waals surface area contributed by atoms with Gasteiger partial charge in [0.15, 0.2) is 0 Å². The molecule has 2 nitrogen and oxygen atoms in total. The van der Waals surface area contributed by atoms with Crippen molar-refractivity contribution in [3.05, 3.63) is 11.6 Å². The lowest BCUT2D eigenvalue weighted by molar-refractivity contribution is -0.109. The standard InChI is InChI=1S/C10H16O2/c1-7-6-10(12-2)4-3-8(7)5-9(10)11/h6,8-9,11H,3-5H2,1-2H3/t8-,9-,10+/m0/s1. The van der Waals surface area contributed by atoms with Crippen LogP contribution in [0.15, 0.2) is 11.6 Å². The number of rotatable bonds is 1. The largest absolute Gasteiger partial charge is 0.390 e. The fourth-order valence-corrected chi connectivity index (χ4v) is 2.54. The summed E-state index contributed by atoms with van der Waals surface area (Å²) in [5, 5.41) is 9.80. The molecule has 3 rings (SSSR count). The van der Waals surface area contributed by atoms with Gasteiger partial charge in [-0.2, -0.15) is 0 Å². The van der Waals surface area contributed by atoms with Gasteiger partial charge < -0.3 is 9.84 Å². The quantitative estimate of drug-likeness (QED) is 0.601. The highest BCUT2D eigenvalue weighted by atomic mass is 16.5. The van der Waals surface area contributed by atoms with Gasteiger partial charge in [-0.3, -0.25) is 0 Å². The Hall–Kier alpha value is -0.340. The van der Waals surface area contributed by atoms with Crippen LogP contribution in [-0.4, -0.2) is 23.9 Å². The number of allylic oxidation sites excluding steroid dienone is 1. The number of aliphatic hydroxyl groups excluding tert-OH is 1. The van der Waals surface area contributed by atoms with Crippen LogP contribution in [0.1, 0.15) is 26.2 Å². The maximum atomic E-state index is 9.80. The summed E-state index contributed by atoms with van der Waals surface area (Å²) in [6.45, 7) is 2.14. The van der Waals surface area contributed by atoms with Crippen molar-refractivity contribution in [3.63, 3.8) is 0 Å². The van der Waals surface area contributed by atoms with Crippen molar-refractivity contribution in [2.45, 2.75) is 37.9 Å². The summed E-state index contributed by atoms with van der Waals surface area (Å²) in [5.41, 5.74) is 1.05. The van der Waals surface area contributed by atoms with E-state index in [9.17, 15) is 5.11 Å². The van der Waals surface area contributed by atoms with E-state index < -0.39 is 0 Å². The summed E-state index contributed by atoms with van der Waals surface area (Å²) in [5.74, 6) is 0.608. The summed E-state index contributed by atoms with van der Waals surface area (Å²) in [7, 11) is 1.69. The first-order valence-electron chi connectivity index (χ1n) is 4.60. The average molecular weight is 168 g/mol. The third kappa shape index (κ3) is 0.947. The van der Waals surface area contributed by atoms with E-state index in [2.05, 4.69) is 13.0 Å². The van der Waals surface area contributed by atoms with Crippen molar-refractivity contribution in [2.24, 2.45) is 5.92 Å². The number of methoxy groups -OCH3 is 1. The highest BCUT2D eigenvalue weighted by Gasteiger charge is 2.45. The topological polar surface area (TPSA) is 29.5 Å². The molecule has 3 aliphatic carbocycles. The van der Waals surface area contributed by atoms with Crippen molar-refractivity contribution in [2.75, 3.05) is 7.11 Å². The Balaban J connectivity index is 2.35. The Kier molecular flexibility index (Phi) is 1.77. The summed E-state index contributed by atoms with van der Waals surface area (Å²) in [6, 6.07) is 0. The third-order valence-corrected chi connectivity index (χ3v) is 3.45. The minimum atomic E-state index is -0.348. The molecular formula is C10H16O2. The van der Waals surface area contributed by atoms with Crippen LogP contribution in [0.25, 0.3) is 0 Å². The second-order valence-corrected chi connectivity index (χ2v) is 4.03. The van der Waals surface area contributed by atoms with Crippen LogP contribution in [0.5, 0.6) is 0 Å². The molecule has 0 aromatic carbocycles. The Bertz CT molecular complexity index is 222. The minimum Gasteiger partial charge on any atom is -0.390 e. The average Bonchev–Trinajstić information content (AvgIpc) is 2.08. The first-order chi connectivity index (χ1) is 5.68. The van der Waals surface area contributed by atoms with Gasteiger partial charge in [-0.15, -0.1) is 0 Å². The smallest absolute Gasteiger partial charge is 0.112 e. The van der Waals surface area contributed by atoms with E-state index in [4.69, 9.17) is 4.74 Å². The lowest BCUT2D eigenvalue weighted by atomic mass is 9.67. The predicted molar refractivity (Wildman–Crippen MR) is 46.8 cm³/mol. The number of hydrogen-bond acceptors (Lipinski definition) is 2. The zero-order valence-electron chi connectivity index (χ0n) is 7.71. The Morgan fingerprint density at radius 2 is 2.42 bits per heavy atom. The molecule has 0 saturated heterocycles. The van der Waals surface area contributed by atoms with E-state index in [0.29, 0.717) is 5.92 Å². The van der Waals surface area contributed by atoms with Gasteiger partial charge in [-0.25, -0.2) is 0 Å². The van der Waals surface area contributed by atoms with Crippen LogP contribution in [0.4, 0.5) is 0 Å². The molecule has 68 valence electrons. The van der Waals surface area contributed by atoms with E-state index in [1.807, 2.05) is 0 Å². The molecule has 0 spiro atoms. The van der Waals surface area contributed by atoms with Gasteiger partial charge in [-0.05, 0) is 32.1 Å². The lowest BCUT2D eigenvalue weighted by Gasteiger charge is -2.46. The molecule has 0 aromatic rings. The van der Waals surface area contributed by atoms with Crippen molar-refractivity contribution < 1.29 is 9.84 Å². The molecule has 1 N–H and O–H groups in total. The van der Waals surface area contributed by atoms with Gasteiger partial charge >= 0.3 is 0 Å². The van der Waals surface area contributed by atoms with Gasteiger partial charge in [0.1, 0.15) is 5.60 Å². The maximum Gasteiger partial charge on any atom is 0.112 e. The van der Waals surface area contributed by atoms with Crippen LogP contribution in [-0.2, 0) is 4.74 Å². The van der Waals surface area contributed by atoms with E-state index in [1.54, 1.807) is 7.11 Å². The SMILES string of the molecule is CO[C@@]12C=C(C)[C@@H](CC1)C[C@@H]2O. The van der Waals surface area contributed by atoms with E-state index in [1.165, 1.54) is 12.0 Å². The Morgan fingerprint density at radius 3 is 2.83 bits per heavy atom. The van der Waals surface area contributed by atoms with E-state index in [0.717, 1.165) is 12.8 Å². The van der Waals surface area contributed by atoms with Crippen molar-refractivity contribution in [1.29, 1.82) is 0 Å². The van der Waals surface area contributed by atoms with Gasteiger partial charge in [-0.1, -0.05) is 11.6 Å². The number of hydrogen-bond donors (Lipinski definition) is 1. The molecule has 0 aromatic heterocycles. The summed E-state index contributed by atoms with van der Waals surface area (Å²) < 4.78 is 5.42. The normalized spacial score (nSPS) is 46.1. The molecule has 1 saturated carbocycles. The van der Waals surface area contributed by atoms with E-state index in [-0.39, 0.29) is 11.7 Å². The molecule has 12 heavy (non-hydrogen) atoms. The minimum absolute atomic E-state index is 0.287. The maximum absolute atomic E-state index is 9.80. The summed E-state index contributed by atoms with van der Waals surface area (Å²) in [6.07, 6.45) is 4.87. The zero-order valence-corrected chi connectivity index (χ0v) is 7.71. The second kappa shape index (κ2) is 2.57. The molecule has 2 heteroatoms. The van der Waals surface area contributed by atoms with Crippen LogP contribution >= 0.6 is 0 Å². The second-order valence-electron chi connectivity index (χ2n) is 4.03. The fraction of sp³-hybridized carbons (Fsp3) is 0.800. The first kappa shape index (κ1) is 8.27. The van der Waals surface area contributed by atoms with Crippen LogP contribution in [0.3, 0.4) is 0 Å². The van der Waals surface area contributed by atoms with Gasteiger partial charge in [0.05, 0.1) is 6.10 Å². The van der Waals surface area contributed by atoms with Crippen molar-refractivity contribution >= 4 is 0 Å². The highest BCUT2D eigenvalue weighted by molar-refractivity contribution is 5.24. The fourth-order valence-electron chi connectivity index (χ4n) is 2.54. The highest BCUT2D eigenvalue weighted by Crippen LogP contribution is 2.44. The van der Waals surface area contributed by atoms with Crippen LogP contribution < -0.4 is 0 Å². The Labute approximate surface area is 73.2 Å². The molecule has 0 amide bonds. The summed E-state index contributed by atoms with van der Waals surface area (Å²) >= 11 is 0. The molecule has 3 atom stereocenters. The molecule has 0 unspecified atom stereocenters. The van der Waals surface area contributed by atoms with Crippen LogP contribution in [0.2, 0.25) is 0 Å². The summed E-state index contributed by atoms with van der Waals surface area (Å²) in [4.78, 5) is 0. The zero-order chi connectivity index (χ0) is 8.77. The molecule has 2 bridgehead atoms. The van der Waals surface area contributed by atoms with Crippen molar-refractivity contribution in [1.82, 2.24) is 0 Å². The third-order valence-electron chi connectivity index (χ3n) is 3.45. The van der Waals surface area contributed by atoms with Crippen LogP contribution in [0, 0.1) is 5.92 Å². The van der Waals surface area contributed by atoms with Gasteiger partial charge in [0.2, 0.25) is 0 Å². The Morgan fingerprint density at radius 1 is 1.67 bits per heavy atom. The van der Waals surface area contributed by atoms with Crippen molar-refractivity contribution in [3.8, 4) is 0 Å². The number of ether oxygens (including phenoxy) is 1. The first-order valence-corrected chi connectivity index (χ1v) is 4.60. The van der Waals surface area contributed by atoms with Gasteiger partial charge in [0, 0.05) is 7.11 Å². The van der Waals surface area contributed by atoms with Gasteiger partial charge in [0.25, 0.3) is 0 Å².